The zero-order valence-electron chi connectivity index (χ0n) is 12.8. The van der Waals surface area contributed by atoms with Gasteiger partial charge < -0.3 is 10.1 Å². The molecule has 1 aromatic carbocycles. The topological polar surface area (TPSA) is 80.3 Å². The highest BCUT2D eigenvalue weighted by Crippen LogP contribution is 2.28. The predicted octanol–water partition coefficient (Wildman–Crippen LogP) is 2.90. The third-order valence-electron chi connectivity index (χ3n) is 3.04. The maximum Gasteiger partial charge on any atom is 0.233 e. The Labute approximate surface area is 130 Å². The van der Waals surface area contributed by atoms with Crippen LogP contribution in [-0.2, 0) is 10.0 Å². The predicted molar refractivity (Wildman–Crippen MR) is 88.3 cm³/mol. The Kier molecular flexibility index (Phi) is 4.87. The number of sulfonamides is 1. The van der Waals surface area contributed by atoms with E-state index in [-0.39, 0.29) is 5.75 Å². The van der Waals surface area contributed by atoms with E-state index in [0.29, 0.717) is 5.82 Å². The van der Waals surface area contributed by atoms with Crippen LogP contribution in [-0.4, -0.2) is 26.3 Å². The minimum atomic E-state index is -3.31. The number of ether oxygens (including phenoxy) is 1. The molecular formula is C15H19N3O3S. The Morgan fingerprint density at radius 3 is 2.59 bits per heavy atom. The number of benzene rings is 1. The first kappa shape index (κ1) is 16.1. The van der Waals surface area contributed by atoms with Crippen molar-refractivity contribution in [3.8, 4) is 5.75 Å². The smallest absolute Gasteiger partial charge is 0.233 e. The molecule has 22 heavy (non-hydrogen) atoms. The van der Waals surface area contributed by atoms with Crippen LogP contribution in [0.25, 0.3) is 0 Å². The largest absolute Gasteiger partial charge is 0.495 e. The van der Waals surface area contributed by atoms with Crippen LogP contribution in [0.2, 0.25) is 0 Å². The van der Waals surface area contributed by atoms with Gasteiger partial charge in [-0.25, -0.2) is 13.4 Å². The molecule has 1 aromatic heterocycles. The molecule has 0 amide bonds. The average molecular weight is 321 g/mol. The maximum atomic E-state index is 11.5. The molecule has 6 nitrogen and oxygen atoms in total. The van der Waals surface area contributed by atoms with E-state index in [1.54, 1.807) is 32.4 Å². The highest BCUT2D eigenvalue weighted by atomic mass is 32.2. The molecule has 0 atom stereocenters. The lowest BCUT2D eigenvalue weighted by molar-refractivity contribution is 0.416. The highest BCUT2D eigenvalue weighted by Gasteiger charge is 2.08. The molecule has 0 saturated heterocycles. The minimum Gasteiger partial charge on any atom is -0.495 e. The Morgan fingerprint density at radius 2 is 2.00 bits per heavy atom. The number of aromatic nitrogens is 1. The second-order valence-corrected chi connectivity index (χ2v) is 6.78. The minimum absolute atomic E-state index is 0.00910. The molecule has 7 heteroatoms. The van der Waals surface area contributed by atoms with Gasteiger partial charge in [0, 0.05) is 0 Å². The van der Waals surface area contributed by atoms with Crippen molar-refractivity contribution in [3.05, 3.63) is 42.1 Å². The molecule has 0 spiro atoms. The summed E-state index contributed by atoms with van der Waals surface area (Å²) in [6.45, 7) is 3.56. The summed E-state index contributed by atoms with van der Waals surface area (Å²) in [4.78, 5) is 4.09. The standard InChI is InChI=1S/C15H19N3O3S/c1-4-22(19,20)18-15-8-6-12(10-16-15)17-13-9-11(2)5-7-14(13)21-3/h5-10,17H,4H2,1-3H3,(H,16,18). The highest BCUT2D eigenvalue weighted by molar-refractivity contribution is 7.92. The van der Waals surface area contributed by atoms with E-state index in [1.807, 2.05) is 25.1 Å². The van der Waals surface area contributed by atoms with E-state index in [1.165, 1.54) is 0 Å². The fourth-order valence-electron chi connectivity index (χ4n) is 1.83. The van der Waals surface area contributed by atoms with Crippen molar-refractivity contribution >= 4 is 27.2 Å². The molecule has 0 fully saturated rings. The van der Waals surface area contributed by atoms with E-state index in [4.69, 9.17) is 4.74 Å². The van der Waals surface area contributed by atoms with Crippen LogP contribution in [0, 0.1) is 6.92 Å². The van der Waals surface area contributed by atoms with Crippen LogP contribution >= 0.6 is 0 Å². The Balaban J connectivity index is 2.17. The summed E-state index contributed by atoms with van der Waals surface area (Å²) in [5, 5.41) is 3.20. The van der Waals surface area contributed by atoms with Crippen LogP contribution < -0.4 is 14.8 Å². The Bertz CT molecular complexity index is 743. The van der Waals surface area contributed by atoms with Crippen LogP contribution in [0.1, 0.15) is 12.5 Å². The van der Waals surface area contributed by atoms with Gasteiger partial charge in [-0.3, -0.25) is 4.72 Å². The summed E-state index contributed by atoms with van der Waals surface area (Å²) in [6.07, 6.45) is 1.56. The summed E-state index contributed by atoms with van der Waals surface area (Å²) in [5.74, 6) is 1.03. The number of hydrogen-bond donors (Lipinski definition) is 2. The van der Waals surface area contributed by atoms with Gasteiger partial charge in [0.1, 0.15) is 11.6 Å². The van der Waals surface area contributed by atoms with Crippen molar-refractivity contribution < 1.29 is 13.2 Å². The molecule has 0 unspecified atom stereocenters. The number of anilines is 3. The Morgan fingerprint density at radius 1 is 1.23 bits per heavy atom. The molecule has 0 aliphatic carbocycles. The molecule has 0 radical (unpaired) electrons. The number of pyridine rings is 1. The summed E-state index contributed by atoms with van der Waals surface area (Å²) in [7, 11) is -1.71. The molecule has 2 N–H and O–H groups in total. The molecule has 2 aromatic rings. The molecule has 0 aliphatic rings. The number of methoxy groups -OCH3 is 1. The van der Waals surface area contributed by atoms with Gasteiger partial charge in [0.25, 0.3) is 0 Å². The molecular weight excluding hydrogens is 302 g/mol. The third kappa shape index (κ3) is 4.11. The lowest BCUT2D eigenvalue weighted by atomic mass is 10.2. The number of nitrogens with zero attached hydrogens (tertiary/aromatic N) is 1. The lowest BCUT2D eigenvalue weighted by Gasteiger charge is -2.12. The zero-order chi connectivity index (χ0) is 16.2. The lowest BCUT2D eigenvalue weighted by Crippen LogP contribution is -2.15. The van der Waals surface area contributed by atoms with Crippen LogP contribution in [0.5, 0.6) is 5.75 Å². The van der Waals surface area contributed by atoms with Gasteiger partial charge in [0.05, 0.1) is 30.4 Å². The van der Waals surface area contributed by atoms with Crippen molar-refractivity contribution in [1.82, 2.24) is 4.98 Å². The summed E-state index contributed by atoms with van der Waals surface area (Å²) >= 11 is 0. The number of rotatable bonds is 6. The van der Waals surface area contributed by atoms with Gasteiger partial charge in [0.15, 0.2) is 0 Å². The van der Waals surface area contributed by atoms with Gasteiger partial charge in [-0.15, -0.1) is 0 Å². The van der Waals surface area contributed by atoms with Crippen molar-refractivity contribution in [2.24, 2.45) is 0 Å². The van der Waals surface area contributed by atoms with Gasteiger partial charge in [-0.05, 0) is 43.7 Å². The van der Waals surface area contributed by atoms with Gasteiger partial charge in [-0.1, -0.05) is 6.07 Å². The average Bonchev–Trinajstić information content (AvgIpc) is 2.49. The van der Waals surface area contributed by atoms with E-state index in [0.717, 1.165) is 22.7 Å². The van der Waals surface area contributed by atoms with Crippen molar-refractivity contribution in [2.45, 2.75) is 13.8 Å². The molecule has 118 valence electrons. The molecule has 0 aliphatic heterocycles. The zero-order valence-corrected chi connectivity index (χ0v) is 13.6. The SMILES string of the molecule is CCS(=O)(=O)Nc1ccc(Nc2cc(C)ccc2OC)cn1. The first-order valence-corrected chi connectivity index (χ1v) is 8.47. The fraction of sp³-hybridized carbons (Fsp3) is 0.267. The summed E-state index contributed by atoms with van der Waals surface area (Å²) in [5.41, 5.74) is 2.66. The number of hydrogen-bond acceptors (Lipinski definition) is 5. The molecule has 0 saturated carbocycles. The van der Waals surface area contributed by atoms with Crippen LogP contribution in [0.4, 0.5) is 17.2 Å². The number of aryl methyl sites for hydroxylation is 1. The van der Waals surface area contributed by atoms with Crippen molar-refractivity contribution in [2.75, 3.05) is 22.9 Å². The maximum absolute atomic E-state index is 11.5. The van der Waals surface area contributed by atoms with Crippen LogP contribution in [0.15, 0.2) is 36.5 Å². The quantitative estimate of drug-likeness (QED) is 0.855. The fourth-order valence-corrected chi connectivity index (χ4v) is 2.42. The van der Waals surface area contributed by atoms with E-state index in [2.05, 4.69) is 15.0 Å². The first-order valence-electron chi connectivity index (χ1n) is 6.81. The first-order chi connectivity index (χ1) is 10.4. The number of nitrogens with one attached hydrogen (secondary N) is 2. The van der Waals surface area contributed by atoms with Crippen LogP contribution in [0.3, 0.4) is 0 Å². The van der Waals surface area contributed by atoms with E-state index >= 15 is 0 Å². The second-order valence-electron chi connectivity index (χ2n) is 4.77. The Hall–Kier alpha value is -2.28. The molecule has 2 rings (SSSR count). The molecule has 0 bridgehead atoms. The normalized spacial score (nSPS) is 11.0. The molecule has 1 heterocycles. The summed E-state index contributed by atoms with van der Waals surface area (Å²) in [6, 6.07) is 9.17. The van der Waals surface area contributed by atoms with E-state index in [9.17, 15) is 8.42 Å². The summed E-state index contributed by atoms with van der Waals surface area (Å²) < 4.78 is 30.7. The van der Waals surface area contributed by atoms with Crippen molar-refractivity contribution in [1.29, 1.82) is 0 Å². The monoisotopic (exact) mass is 321 g/mol. The third-order valence-corrected chi connectivity index (χ3v) is 4.32. The van der Waals surface area contributed by atoms with E-state index < -0.39 is 10.0 Å². The van der Waals surface area contributed by atoms with Gasteiger partial charge in [-0.2, -0.15) is 0 Å². The van der Waals surface area contributed by atoms with Gasteiger partial charge >= 0.3 is 0 Å². The van der Waals surface area contributed by atoms with Gasteiger partial charge in [0.2, 0.25) is 10.0 Å². The second kappa shape index (κ2) is 6.65. The van der Waals surface area contributed by atoms with Crippen molar-refractivity contribution in [3.63, 3.8) is 0 Å².